The summed E-state index contributed by atoms with van der Waals surface area (Å²) in [6, 6.07) is 7.51. The summed E-state index contributed by atoms with van der Waals surface area (Å²) in [5.74, 6) is -2.60. The molecule has 168 valence electrons. The van der Waals surface area contributed by atoms with E-state index in [2.05, 4.69) is 0 Å². The second kappa shape index (κ2) is 9.12. The van der Waals surface area contributed by atoms with E-state index in [1.165, 1.54) is 42.3 Å². The fourth-order valence-electron chi connectivity index (χ4n) is 4.68. The van der Waals surface area contributed by atoms with Crippen LogP contribution >= 0.6 is 23.2 Å². The Kier molecular flexibility index (Phi) is 6.45. The van der Waals surface area contributed by atoms with Gasteiger partial charge in [-0.05, 0) is 31.0 Å². The number of hydrogen-bond acceptors (Lipinski definition) is 4. The maximum atomic E-state index is 14.9. The van der Waals surface area contributed by atoms with Crippen molar-refractivity contribution in [1.29, 1.82) is 0 Å². The van der Waals surface area contributed by atoms with E-state index in [9.17, 15) is 19.1 Å². The maximum Gasteiger partial charge on any atom is 0.295 e. The van der Waals surface area contributed by atoms with E-state index in [1.807, 2.05) is 0 Å². The Morgan fingerprint density at radius 1 is 1.12 bits per heavy atom. The van der Waals surface area contributed by atoms with Gasteiger partial charge in [-0.1, -0.05) is 60.7 Å². The highest BCUT2D eigenvalue weighted by atomic mass is 35.5. The van der Waals surface area contributed by atoms with Crippen molar-refractivity contribution in [3.63, 3.8) is 0 Å². The van der Waals surface area contributed by atoms with Gasteiger partial charge in [0, 0.05) is 16.6 Å². The van der Waals surface area contributed by atoms with E-state index >= 15 is 0 Å². The van der Waals surface area contributed by atoms with E-state index < -0.39 is 29.3 Å². The van der Waals surface area contributed by atoms with E-state index in [1.54, 1.807) is 6.07 Å². The number of halogens is 3. The Morgan fingerprint density at radius 3 is 2.47 bits per heavy atom. The minimum absolute atomic E-state index is 0.0629. The van der Waals surface area contributed by atoms with Gasteiger partial charge in [-0.2, -0.15) is 0 Å². The van der Waals surface area contributed by atoms with Crippen LogP contribution in [0.1, 0.15) is 49.3 Å². The summed E-state index contributed by atoms with van der Waals surface area (Å²) in [6.07, 6.45) is 4.29. The molecule has 1 unspecified atom stereocenters. The van der Waals surface area contributed by atoms with Crippen LogP contribution in [0.4, 0.5) is 4.39 Å². The molecular formula is C24H22Cl2FNO4. The highest BCUT2D eigenvalue weighted by Crippen LogP contribution is 2.45. The summed E-state index contributed by atoms with van der Waals surface area (Å²) in [4.78, 5) is 27.8. The Bertz CT molecular complexity index is 1110. The normalized spacial score (nSPS) is 21.2. The Labute approximate surface area is 195 Å². The number of amides is 1. The van der Waals surface area contributed by atoms with Gasteiger partial charge in [0.15, 0.2) is 0 Å². The molecular weight excluding hydrogens is 456 g/mol. The first-order chi connectivity index (χ1) is 15.3. The number of ketones is 1. The highest BCUT2D eigenvalue weighted by molar-refractivity contribution is 6.47. The molecule has 0 radical (unpaired) electrons. The van der Waals surface area contributed by atoms with Crippen molar-refractivity contribution in [2.45, 2.75) is 44.2 Å². The second-order valence-corrected chi connectivity index (χ2v) is 8.83. The fourth-order valence-corrected chi connectivity index (χ4v) is 5.25. The maximum absolute atomic E-state index is 14.9. The number of aliphatic hydroxyl groups excluding tert-OH is 1. The zero-order valence-electron chi connectivity index (χ0n) is 17.4. The molecule has 2 aliphatic rings. The Hall–Kier alpha value is -2.57. The molecule has 4 rings (SSSR count). The largest absolute Gasteiger partial charge is 0.507 e. The summed E-state index contributed by atoms with van der Waals surface area (Å²) in [5, 5.41) is 11.6. The quantitative estimate of drug-likeness (QED) is 0.338. The standard InChI is InChI=1S/C24H22Cl2FNO4/c1-32-23-16(11-13(25)12-17(23)26)21(29)19-20(15-9-5-6-10-18(15)27)28(24(31)22(19)30)14-7-3-2-4-8-14/h5-6,9-12,14,20,29H,2-4,7-8H2,1H3/b21-19+. The molecule has 0 bridgehead atoms. The zero-order chi connectivity index (χ0) is 23.0. The van der Waals surface area contributed by atoms with Gasteiger partial charge in [0.25, 0.3) is 11.7 Å². The zero-order valence-corrected chi connectivity index (χ0v) is 18.9. The van der Waals surface area contributed by atoms with Gasteiger partial charge < -0.3 is 14.7 Å². The molecule has 8 heteroatoms. The minimum Gasteiger partial charge on any atom is -0.507 e. The fraction of sp³-hybridized carbons (Fsp3) is 0.333. The third-order valence-corrected chi connectivity index (χ3v) is 6.61. The van der Waals surface area contributed by atoms with Gasteiger partial charge in [-0.3, -0.25) is 9.59 Å². The van der Waals surface area contributed by atoms with Gasteiger partial charge >= 0.3 is 0 Å². The molecule has 1 aliphatic heterocycles. The molecule has 2 aromatic carbocycles. The predicted octanol–water partition coefficient (Wildman–Crippen LogP) is 5.90. The number of ether oxygens (including phenoxy) is 1. The van der Waals surface area contributed by atoms with Crippen LogP contribution in [0.2, 0.25) is 10.0 Å². The predicted molar refractivity (Wildman–Crippen MR) is 120 cm³/mol. The lowest BCUT2D eigenvalue weighted by Crippen LogP contribution is -2.40. The summed E-state index contributed by atoms with van der Waals surface area (Å²) in [6.45, 7) is 0. The number of methoxy groups -OCH3 is 1. The third kappa shape index (κ3) is 3.86. The van der Waals surface area contributed by atoms with Crippen molar-refractivity contribution >= 4 is 40.7 Å². The first-order valence-electron chi connectivity index (χ1n) is 10.4. The molecule has 2 fully saturated rings. The number of carbonyl (C=O) groups is 2. The average Bonchev–Trinajstić information content (AvgIpc) is 3.04. The Balaban J connectivity index is 1.96. The van der Waals surface area contributed by atoms with Crippen LogP contribution in [-0.4, -0.2) is 34.8 Å². The average molecular weight is 478 g/mol. The van der Waals surface area contributed by atoms with Crippen LogP contribution in [0.15, 0.2) is 42.0 Å². The van der Waals surface area contributed by atoms with Crippen molar-refractivity contribution < 1.29 is 23.8 Å². The second-order valence-electron chi connectivity index (χ2n) is 7.99. The van der Waals surface area contributed by atoms with Crippen molar-refractivity contribution in [2.75, 3.05) is 7.11 Å². The molecule has 1 amide bonds. The molecule has 0 aromatic heterocycles. The van der Waals surface area contributed by atoms with Gasteiger partial charge in [-0.15, -0.1) is 0 Å². The minimum atomic E-state index is -1.07. The number of carbonyl (C=O) groups excluding carboxylic acids is 2. The van der Waals surface area contributed by atoms with Crippen LogP contribution < -0.4 is 4.74 Å². The van der Waals surface area contributed by atoms with Crippen LogP contribution in [0.3, 0.4) is 0 Å². The summed E-state index contributed by atoms with van der Waals surface area (Å²) in [7, 11) is 1.36. The first-order valence-corrected chi connectivity index (χ1v) is 11.2. The molecule has 1 N–H and O–H groups in total. The van der Waals surface area contributed by atoms with Gasteiger partial charge in [-0.25, -0.2) is 4.39 Å². The van der Waals surface area contributed by atoms with E-state index in [0.29, 0.717) is 12.8 Å². The van der Waals surface area contributed by atoms with E-state index in [0.717, 1.165) is 19.3 Å². The molecule has 32 heavy (non-hydrogen) atoms. The summed E-state index contributed by atoms with van der Waals surface area (Å²) < 4.78 is 20.2. The molecule has 1 atom stereocenters. The number of hydrogen-bond donors (Lipinski definition) is 1. The van der Waals surface area contributed by atoms with Crippen molar-refractivity contribution in [2.24, 2.45) is 0 Å². The van der Waals surface area contributed by atoms with Crippen molar-refractivity contribution in [3.8, 4) is 5.75 Å². The lowest BCUT2D eigenvalue weighted by atomic mass is 9.90. The molecule has 2 aromatic rings. The number of benzene rings is 2. The molecule has 5 nitrogen and oxygen atoms in total. The van der Waals surface area contributed by atoms with Crippen molar-refractivity contribution in [1.82, 2.24) is 4.90 Å². The van der Waals surface area contributed by atoms with Crippen molar-refractivity contribution in [3.05, 3.63) is 69.0 Å². The molecule has 0 spiro atoms. The summed E-state index contributed by atoms with van der Waals surface area (Å²) >= 11 is 12.3. The van der Waals surface area contributed by atoms with Gasteiger partial charge in [0.1, 0.15) is 17.3 Å². The first kappa shape index (κ1) is 22.6. The van der Waals surface area contributed by atoms with Crippen LogP contribution in [0.25, 0.3) is 5.76 Å². The number of aliphatic hydroxyl groups is 1. The van der Waals surface area contributed by atoms with Crippen LogP contribution in [0, 0.1) is 5.82 Å². The number of nitrogens with zero attached hydrogens (tertiary/aromatic N) is 1. The molecule has 1 heterocycles. The lowest BCUT2D eigenvalue weighted by Gasteiger charge is -2.35. The number of Topliss-reactive ketones (excluding diaryl/α,β-unsaturated/α-hetero) is 1. The van der Waals surface area contributed by atoms with Crippen LogP contribution in [-0.2, 0) is 9.59 Å². The van der Waals surface area contributed by atoms with Crippen LogP contribution in [0.5, 0.6) is 5.75 Å². The topological polar surface area (TPSA) is 66.8 Å². The SMILES string of the molecule is COc1c(Cl)cc(Cl)cc1/C(O)=C1\C(=O)C(=O)N(C2CCCCC2)C1c1ccccc1F. The monoisotopic (exact) mass is 477 g/mol. The van der Waals surface area contributed by atoms with E-state index in [-0.39, 0.29) is 38.5 Å². The highest BCUT2D eigenvalue weighted by Gasteiger charge is 2.49. The smallest absolute Gasteiger partial charge is 0.295 e. The third-order valence-electron chi connectivity index (χ3n) is 6.12. The molecule has 1 aliphatic carbocycles. The van der Waals surface area contributed by atoms with E-state index in [4.69, 9.17) is 27.9 Å². The number of rotatable bonds is 4. The lowest BCUT2D eigenvalue weighted by molar-refractivity contribution is -0.141. The number of likely N-dealkylation sites (tertiary alicyclic amines) is 1. The molecule has 1 saturated heterocycles. The Morgan fingerprint density at radius 2 is 1.81 bits per heavy atom. The van der Waals surface area contributed by atoms with Gasteiger partial charge in [0.2, 0.25) is 0 Å². The summed E-state index contributed by atoms with van der Waals surface area (Å²) in [5.41, 5.74) is 0.00112. The van der Waals surface area contributed by atoms with Gasteiger partial charge in [0.05, 0.1) is 29.3 Å². The molecule has 1 saturated carbocycles.